The molecule has 1 N–H and O–H groups in total. The molecule has 2 amide bonds. The van der Waals surface area contributed by atoms with Crippen LogP contribution in [-0.2, 0) is 6.42 Å². The number of methoxy groups -OCH3 is 1. The van der Waals surface area contributed by atoms with Crippen molar-refractivity contribution in [3.8, 4) is 10.9 Å². The zero-order chi connectivity index (χ0) is 20.9. The molecule has 6 nitrogen and oxygen atoms in total. The normalized spacial score (nSPS) is 14.7. The Morgan fingerprint density at radius 3 is 2.70 bits per heavy atom. The molecule has 1 aliphatic rings. The number of hydrogen-bond donors (Lipinski definition) is 1. The third kappa shape index (κ3) is 4.96. The SMILES string of the molecule is COc1ccc(CCNC(=O)N2CCC(Oc3nc4c(Cl)cccc4s3)CC2)cc1. The molecule has 0 bridgehead atoms. The molecule has 0 unspecified atom stereocenters. The Bertz CT molecular complexity index is 1000. The number of benzene rings is 2. The minimum atomic E-state index is -0.0197. The average molecular weight is 446 g/mol. The van der Waals surface area contributed by atoms with Crippen molar-refractivity contribution in [2.45, 2.75) is 25.4 Å². The van der Waals surface area contributed by atoms with E-state index in [1.54, 1.807) is 7.11 Å². The van der Waals surface area contributed by atoms with Crippen LogP contribution in [0.5, 0.6) is 10.9 Å². The van der Waals surface area contributed by atoms with Crippen LogP contribution in [0.2, 0.25) is 5.02 Å². The lowest BCUT2D eigenvalue weighted by Gasteiger charge is -2.31. The number of hydrogen-bond acceptors (Lipinski definition) is 5. The van der Waals surface area contributed by atoms with E-state index in [0.29, 0.717) is 29.9 Å². The second-order valence-electron chi connectivity index (χ2n) is 7.20. The molecule has 0 aliphatic carbocycles. The molecule has 2 heterocycles. The van der Waals surface area contributed by atoms with Crippen molar-refractivity contribution in [2.75, 3.05) is 26.7 Å². The number of nitrogens with zero attached hydrogens (tertiary/aromatic N) is 2. The number of halogens is 1. The number of piperidine rings is 1. The molecular weight excluding hydrogens is 422 g/mol. The van der Waals surface area contributed by atoms with Gasteiger partial charge in [0.2, 0.25) is 0 Å². The number of fused-ring (bicyclic) bond motifs is 1. The number of carbonyl (C=O) groups excluding carboxylic acids is 1. The number of urea groups is 1. The third-order valence-electron chi connectivity index (χ3n) is 5.20. The van der Waals surface area contributed by atoms with Gasteiger partial charge < -0.3 is 19.7 Å². The summed E-state index contributed by atoms with van der Waals surface area (Å²) in [6, 6.07) is 13.6. The number of rotatable bonds is 6. The molecule has 158 valence electrons. The summed E-state index contributed by atoms with van der Waals surface area (Å²) in [5.41, 5.74) is 1.95. The number of carbonyl (C=O) groups is 1. The summed E-state index contributed by atoms with van der Waals surface area (Å²) in [5.74, 6) is 0.835. The number of amides is 2. The zero-order valence-electron chi connectivity index (χ0n) is 16.8. The lowest BCUT2D eigenvalue weighted by Crippen LogP contribution is -2.46. The van der Waals surface area contributed by atoms with Gasteiger partial charge in [-0.2, -0.15) is 0 Å². The Labute approximate surface area is 184 Å². The van der Waals surface area contributed by atoms with E-state index in [1.165, 1.54) is 16.9 Å². The van der Waals surface area contributed by atoms with Crippen molar-refractivity contribution in [3.05, 3.63) is 53.1 Å². The van der Waals surface area contributed by atoms with Crippen molar-refractivity contribution in [1.82, 2.24) is 15.2 Å². The van der Waals surface area contributed by atoms with Crippen LogP contribution < -0.4 is 14.8 Å². The van der Waals surface area contributed by atoms with E-state index >= 15 is 0 Å². The maximum Gasteiger partial charge on any atom is 0.317 e. The predicted octanol–water partition coefficient (Wildman–Crippen LogP) is 4.75. The van der Waals surface area contributed by atoms with E-state index in [4.69, 9.17) is 21.1 Å². The molecule has 4 rings (SSSR count). The van der Waals surface area contributed by atoms with Gasteiger partial charge in [0, 0.05) is 32.5 Å². The molecule has 1 fully saturated rings. The van der Waals surface area contributed by atoms with E-state index in [-0.39, 0.29) is 12.1 Å². The lowest BCUT2D eigenvalue weighted by molar-refractivity contribution is 0.111. The smallest absolute Gasteiger partial charge is 0.317 e. The number of aromatic nitrogens is 1. The molecular formula is C22H24ClN3O3S. The quantitative estimate of drug-likeness (QED) is 0.594. The van der Waals surface area contributed by atoms with Crippen molar-refractivity contribution >= 4 is 39.2 Å². The molecule has 1 aromatic heterocycles. The highest BCUT2D eigenvalue weighted by molar-refractivity contribution is 7.20. The molecule has 30 heavy (non-hydrogen) atoms. The Morgan fingerprint density at radius 1 is 1.23 bits per heavy atom. The van der Waals surface area contributed by atoms with E-state index in [9.17, 15) is 4.79 Å². The second kappa shape index (κ2) is 9.53. The topological polar surface area (TPSA) is 63.7 Å². The van der Waals surface area contributed by atoms with Gasteiger partial charge in [-0.1, -0.05) is 41.1 Å². The van der Waals surface area contributed by atoms with Crippen LogP contribution in [0.15, 0.2) is 42.5 Å². The first-order chi connectivity index (χ1) is 14.6. The number of para-hydroxylation sites is 1. The van der Waals surface area contributed by atoms with E-state index < -0.39 is 0 Å². The molecule has 3 aromatic rings. The van der Waals surface area contributed by atoms with Crippen LogP contribution in [0, 0.1) is 0 Å². The lowest BCUT2D eigenvalue weighted by atomic mass is 10.1. The van der Waals surface area contributed by atoms with E-state index in [1.807, 2.05) is 47.4 Å². The Hall–Kier alpha value is -2.51. The molecule has 0 spiro atoms. The first-order valence-electron chi connectivity index (χ1n) is 10.00. The molecule has 1 aliphatic heterocycles. The highest BCUT2D eigenvalue weighted by Gasteiger charge is 2.24. The first kappa shape index (κ1) is 20.8. The van der Waals surface area contributed by atoms with Gasteiger partial charge in [-0.15, -0.1) is 0 Å². The van der Waals surface area contributed by atoms with Gasteiger partial charge in [0.15, 0.2) is 0 Å². The molecule has 0 saturated carbocycles. The van der Waals surface area contributed by atoms with Gasteiger partial charge in [-0.3, -0.25) is 0 Å². The third-order valence-corrected chi connectivity index (χ3v) is 6.41. The average Bonchev–Trinajstić information content (AvgIpc) is 3.18. The molecule has 0 radical (unpaired) electrons. The Morgan fingerprint density at radius 2 is 2.00 bits per heavy atom. The van der Waals surface area contributed by atoms with Gasteiger partial charge in [-0.05, 0) is 36.2 Å². The summed E-state index contributed by atoms with van der Waals surface area (Å²) in [5, 5.41) is 4.29. The van der Waals surface area contributed by atoms with Crippen molar-refractivity contribution in [1.29, 1.82) is 0 Å². The minimum Gasteiger partial charge on any atom is -0.497 e. The minimum absolute atomic E-state index is 0.0197. The summed E-state index contributed by atoms with van der Waals surface area (Å²) < 4.78 is 12.2. The fraction of sp³-hybridized carbons (Fsp3) is 0.364. The predicted molar refractivity (Wildman–Crippen MR) is 120 cm³/mol. The summed E-state index contributed by atoms with van der Waals surface area (Å²) in [6.07, 6.45) is 2.42. The van der Waals surface area contributed by atoms with E-state index in [2.05, 4.69) is 10.3 Å². The standard InChI is InChI=1S/C22H24ClN3O3S/c1-28-16-7-5-15(6-8-16)9-12-24-21(27)26-13-10-17(11-14-26)29-22-25-20-18(23)3-2-4-19(20)30-22/h2-8,17H,9-14H2,1H3,(H,24,27). The summed E-state index contributed by atoms with van der Waals surface area (Å²) in [6.45, 7) is 1.95. The molecule has 8 heteroatoms. The van der Waals surface area contributed by atoms with Crippen LogP contribution in [0.1, 0.15) is 18.4 Å². The monoisotopic (exact) mass is 445 g/mol. The van der Waals surface area contributed by atoms with Crippen molar-refractivity contribution in [2.24, 2.45) is 0 Å². The van der Waals surface area contributed by atoms with Crippen LogP contribution >= 0.6 is 22.9 Å². The maximum atomic E-state index is 12.4. The van der Waals surface area contributed by atoms with Gasteiger partial charge in [-0.25, -0.2) is 9.78 Å². The first-order valence-corrected chi connectivity index (χ1v) is 11.2. The Kier molecular flexibility index (Phi) is 6.59. The van der Waals surface area contributed by atoms with Crippen molar-refractivity contribution in [3.63, 3.8) is 0 Å². The highest BCUT2D eigenvalue weighted by atomic mass is 35.5. The van der Waals surface area contributed by atoms with Crippen LogP contribution in [0.4, 0.5) is 4.79 Å². The Balaban J connectivity index is 1.21. The number of ether oxygens (including phenoxy) is 2. The van der Waals surface area contributed by atoms with Crippen LogP contribution in [0.25, 0.3) is 10.2 Å². The second-order valence-corrected chi connectivity index (χ2v) is 8.60. The number of nitrogens with one attached hydrogen (secondary N) is 1. The van der Waals surface area contributed by atoms with Crippen LogP contribution in [0.3, 0.4) is 0 Å². The summed E-state index contributed by atoms with van der Waals surface area (Å²) in [7, 11) is 1.65. The van der Waals surface area contributed by atoms with Crippen LogP contribution in [-0.4, -0.2) is 48.8 Å². The summed E-state index contributed by atoms with van der Waals surface area (Å²) >= 11 is 7.70. The van der Waals surface area contributed by atoms with E-state index in [0.717, 1.165) is 35.2 Å². The number of likely N-dealkylation sites (tertiary alicyclic amines) is 1. The zero-order valence-corrected chi connectivity index (χ0v) is 18.3. The largest absolute Gasteiger partial charge is 0.497 e. The van der Waals surface area contributed by atoms with Gasteiger partial charge in [0.05, 0.1) is 16.8 Å². The van der Waals surface area contributed by atoms with Crippen molar-refractivity contribution < 1.29 is 14.3 Å². The van der Waals surface area contributed by atoms with Gasteiger partial charge in [0.1, 0.15) is 17.4 Å². The fourth-order valence-corrected chi connectivity index (χ4v) is 4.66. The fourth-order valence-electron chi connectivity index (χ4n) is 3.48. The summed E-state index contributed by atoms with van der Waals surface area (Å²) in [4.78, 5) is 18.8. The van der Waals surface area contributed by atoms with Gasteiger partial charge in [0.25, 0.3) is 5.19 Å². The van der Waals surface area contributed by atoms with Gasteiger partial charge >= 0.3 is 6.03 Å². The molecule has 2 aromatic carbocycles. The molecule has 0 atom stereocenters. The molecule has 1 saturated heterocycles. The number of thiazole rings is 1. The highest BCUT2D eigenvalue weighted by Crippen LogP contribution is 2.33. The maximum absolute atomic E-state index is 12.4.